The fourth-order valence-electron chi connectivity index (χ4n) is 3.13. The number of aryl methyl sites for hydroxylation is 2. The molecule has 1 amide bonds. The number of rotatable bonds is 5. The number of nitrogens with one attached hydrogen (secondary N) is 1. The van der Waals surface area contributed by atoms with Gasteiger partial charge in [0.15, 0.2) is 5.13 Å². The lowest BCUT2D eigenvalue weighted by Gasteiger charge is -2.05. The van der Waals surface area contributed by atoms with E-state index in [9.17, 15) is 13.2 Å². The van der Waals surface area contributed by atoms with E-state index in [4.69, 9.17) is 0 Å². The molecule has 4 rings (SSSR count). The molecule has 0 aliphatic heterocycles. The monoisotopic (exact) mass is 425 g/mol. The van der Waals surface area contributed by atoms with Crippen molar-refractivity contribution in [2.75, 3.05) is 5.32 Å². The molecule has 0 saturated carbocycles. The SMILES string of the molecule is Cc1ccc(S(=O)(=O)c2cn(CC(=O)Nc3nc(C)cs3)c3ccccc23)cc1. The summed E-state index contributed by atoms with van der Waals surface area (Å²) in [6, 6.07) is 13.9. The topological polar surface area (TPSA) is 81.1 Å². The van der Waals surface area contributed by atoms with Crippen LogP contribution >= 0.6 is 11.3 Å². The van der Waals surface area contributed by atoms with Crippen LogP contribution in [0.2, 0.25) is 0 Å². The molecule has 0 aliphatic rings. The van der Waals surface area contributed by atoms with Crippen molar-refractivity contribution in [3.63, 3.8) is 0 Å². The van der Waals surface area contributed by atoms with Gasteiger partial charge in [-0.15, -0.1) is 11.3 Å². The fourth-order valence-corrected chi connectivity index (χ4v) is 5.31. The number of aromatic nitrogens is 2. The number of fused-ring (bicyclic) bond motifs is 1. The van der Waals surface area contributed by atoms with Gasteiger partial charge in [-0.25, -0.2) is 13.4 Å². The maximum atomic E-state index is 13.2. The Bertz CT molecular complexity index is 1300. The number of hydrogen-bond acceptors (Lipinski definition) is 5. The first-order valence-electron chi connectivity index (χ1n) is 8.96. The molecule has 0 bridgehead atoms. The predicted molar refractivity (Wildman–Crippen MR) is 114 cm³/mol. The molecule has 2 aromatic carbocycles. The van der Waals surface area contributed by atoms with Crippen LogP contribution in [0.25, 0.3) is 10.9 Å². The van der Waals surface area contributed by atoms with Gasteiger partial charge in [-0.2, -0.15) is 0 Å². The molecular formula is C21H19N3O3S2. The van der Waals surface area contributed by atoms with Crippen molar-refractivity contribution >= 4 is 43.1 Å². The minimum Gasteiger partial charge on any atom is -0.337 e. The molecule has 0 fully saturated rings. The van der Waals surface area contributed by atoms with Crippen LogP contribution in [0.5, 0.6) is 0 Å². The molecule has 1 N–H and O–H groups in total. The van der Waals surface area contributed by atoms with Crippen LogP contribution in [0, 0.1) is 13.8 Å². The van der Waals surface area contributed by atoms with Gasteiger partial charge in [0.2, 0.25) is 15.7 Å². The summed E-state index contributed by atoms with van der Waals surface area (Å²) >= 11 is 1.35. The van der Waals surface area contributed by atoms with E-state index < -0.39 is 9.84 Å². The summed E-state index contributed by atoms with van der Waals surface area (Å²) in [5.41, 5.74) is 2.51. The zero-order valence-corrected chi connectivity index (χ0v) is 17.5. The number of anilines is 1. The van der Waals surface area contributed by atoms with Gasteiger partial charge in [-0.1, -0.05) is 35.9 Å². The number of hydrogen-bond donors (Lipinski definition) is 1. The number of nitrogens with zero attached hydrogens (tertiary/aromatic N) is 2. The molecule has 0 radical (unpaired) electrons. The molecule has 148 valence electrons. The van der Waals surface area contributed by atoms with E-state index in [-0.39, 0.29) is 22.2 Å². The van der Waals surface area contributed by atoms with Gasteiger partial charge >= 0.3 is 0 Å². The number of amides is 1. The maximum Gasteiger partial charge on any atom is 0.246 e. The van der Waals surface area contributed by atoms with E-state index >= 15 is 0 Å². The lowest BCUT2D eigenvalue weighted by molar-refractivity contribution is -0.116. The average Bonchev–Trinajstić information content (AvgIpc) is 3.26. The third-order valence-corrected chi connectivity index (χ3v) is 7.22. The molecule has 2 aromatic heterocycles. The van der Waals surface area contributed by atoms with Crippen molar-refractivity contribution in [1.29, 1.82) is 0 Å². The van der Waals surface area contributed by atoms with E-state index in [2.05, 4.69) is 10.3 Å². The van der Waals surface area contributed by atoms with Crippen LogP contribution in [-0.4, -0.2) is 23.9 Å². The molecule has 0 spiro atoms. The Morgan fingerprint density at radius 3 is 2.52 bits per heavy atom. The van der Waals surface area contributed by atoms with Crippen molar-refractivity contribution in [3.05, 3.63) is 71.4 Å². The van der Waals surface area contributed by atoms with E-state index in [1.54, 1.807) is 41.0 Å². The zero-order valence-electron chi connectivity index (χ0n) is 15.9. The zero-order chi connectivity index (χ0) is 20.6. The van der Waals surface area contributed by atoms with Crippen LogP contribution < -0.4 is 5.32 Å². The lowest BCUT2D eigenvalue weighted by atomic mass is 10.2. The lowest BCUT2D eigenvalue weighted by Crippen LogP contribution is -2.18. The minimum atomic E-state index is -3.72. The molecule has 29 heavy (non-hydrogen) atoms. The predicted octanol–water partition coefficient (Wildman–Crippen LogP) is 4.19. The second-order valence-electron chi connectivity index (χ2n) is 6.80. The average molecular weight is 426 g/mol. The smallest absolute Gasteiger partial charge is 0.246 e. The summed E-state index contributed by atoms with van der Waals surface area (Å²) in [7, 11) is -3.72. The highest BCUT2D eigenvalue weighted by atomic mass is 32.2. The van der Waals surface area contributed by atoms with Gasteiger partial charge in [0.1, 0.15) is 6.54 Å². The summed E-state index contributed by atoms with van der Waals surface area (Å²) in [6.07, 6.45) is 1.53. The first-order chi connectivity index (χ1) is 13.8. The van der Waals surface area contributed by atoms with Crippen LogP contribution in [0.3, 0.4) is 0 Å². The highest BCUT2D eigenvalue weighted by Crippen LogP contribution is 2.30. The van der Waals surface area contributed by atoms with E-state index in [0.29, 0.717) is 16.0 Å². The summed E-state index contributed by atoms with van der Waals surface area (Å²) < 4.78 is 28.1. The number of carbonyl (C=O) groups is 1. The summed E-state index contributed by atoms with van der Waals surface area (Å²) in [6.45, 7) is 3.75. The molecule has 2 heterocycles. The highest BCUT2D eigenvalue weighted by Gasteiger charge is 2.24. The number of sulfone groups is 1. The molecule has 0 saturated heterocycles. The van der Waals surface area contributed by atoms with E-state index in [1.807, 2.05) is 31.4 Å². The van der Waals surface area contributed by atoms with Crippen molar-refractivity contribution < 1.29 is 13.2 Å². The summed E-state index contributed by atoms with van der Waals surface area (Å²) in [4.78, 5) is 17.1. The molecular weight excluding hydrogens is 406 g/mol. The molecule has 6 nitrogen and oxygen atoms in total. The first kappa shape index (κ1) is 19.4. The standard InChI is InChI=1S/C21H19N3O3S2/c1-14-7-9-16(10-8-14)29(26,27)19-11-24(18-6-4-3-5-17(18)19)12-20(25)23-21-22-15(2)13-28-21/h3-11,13H,12H2,1-2H3,(H,22,23,25). The number of para-hydroxylation sites is 1. The van der Waals surface area contributed by atoms with E-state index in [1.165, 1.54) is 17.5 Å². The van der Waals surface area contributed by atoms with Gasteiger partial charge in [0.05, 0.1) is 15.5 Å². The van der Waals surface area contributed by atoms with Crippen molar-refractivity contribution in [2.45, 2.75) is 30.2 Å². The van der Waals surface area contributed by atoms with Crippen LogP contribution in [-0.2, 0) is 21.2 Å². The maximum absolute atomic E-state index is 13.2. The molecule has 0 unspecified atom stereocenters. The Labute approximate surface area is 172 Å². The van der Waals surface area contributed by atoms with Gasteiger partial charge in [0, 0.05) is 22.5 Å². The Morgan fingerprint density at radius 1 is 1.10 bits per heavy atom. The number of benzene rings is 2. The Hall–Kier alpha value is -2.97. The quantitative estimate of drug-likeness (QED) is 0.520. The second kappa shape index (κ2) is 7.46. The molecule has 0 atom stereocenters. The van der Waals surface area contributed by atoms with E-state index in [0.717, 1.165) is 11.3 Å². The van der Waals surface area contributed by atoms with Crippen LogP contribution in [0.4, 0.5) is 5.13 Å². The molecule has 8 heteroatoms. The first-order valence-corrected chi connectivity index (χ1v) is 11.3. The number of thiazole rings is 1. The molecule has 4 aromatic rings. The van der Waals surface area contributed by atoms with Crippen molar-refractivity contribution in [1.82, 2.24) is 9.55 Å². The Balaban J connectivity index is 1.71. The Kier molecular flexibility index (Phi) is 4.97. The third-order valence-electron chi connectivity index (χ3n) is 4.55. The van der Waals surface area contributed by atoms with Gasteiger partial charge in [-0.3, -0.25) is 4.79 Å². The van der Waals surface area contributed by atoms with Gasteiger partial charge in [0.25, 0.3) is 0 Å². The van der Waals surface area contributed by atoms with Crippen LogP contribution in [0.1, 0.15) is 11.3 Å². The summed E-state index contributed by atoms with van der Waals surface area (Å²) in [5.74, 6) is -0.264. The van der Waals surface area contributed by atoms with Crippen LogP contribution in [0.15, 0.2) is 69.9 Å². The fraction of sp³-hybridized carbons (Fsp3) is 0.143. The number of carbonyl (C=O) groups excluding carboxylic acids is 1. The van der Waals surface area contributed by atoms with Gasteiger partial charge in [-0.05, 0) is 32.0 Å². The van der Waals surface area contributed by atoms with Crippen molar-refractivity contribution in [3.8, 4) is 0 Å². The largest absolute Gasteiger partial charge is 0.337 e. The highest BCUT2D eigenvalue weighted by molar-refractivity contribution is 7.91. The minimum absolute atomic E-state index is 0.0114. The van der Waals surface area contributed by atoms with Crippen molar-refractivity contribution in [2.24, 2.45) is 0 Å². The third kappa shape index (κ3) is 3.81. The summed E-state index contributed by atoms with van der Waals surface area (Å²) in [5, 5.41) is 5.73. The van der Waals surface area contributed by atoms with Gasteiger partial charge < -0.3 is 9.88 Å². The normalized spacial score (nSPS) is 11.7. The molecule has 0 aliphatic carbocycles. The Morgan fingerprint density at radius 2 is 1.83 bits per heavy atom. The second-order valence-corrected chi connectivity index (χ2v) is 9.57.